The standard InChI is InChI=1S/C22H26F4N4O2/c1-14(28-15(2)31)16-4-6-17(7-5-16)32-18-9-11-30(12-18)19-8-10-27-21(20(19)23)29(3)13-22(24,25)26/h4-8,10,14,18H,9,11-13H2,1-3H3,(H,28,31)/t14-,18+/m0/s1. The summed E-state index contributed by atoms with van der Waals surface area (Å²) in [4.78, 5) is 17.5. The maximum absolute atomic E-state index is 14.9. The van der Waals surface area contributed by atoms with Crippen LogP contribution in [0.15, 0.2) is 36.5 Å². The highest BCUT2D eigenvalue weighted by molar-refractivity contribution is 5.73. The lowest BCUT2D eigenvalue weighted by atomic mass is 10.1. The molecule has 1 aliphatic rings. The van der Waals surface area contributed by atoms with Gasteiger partial charge in [-0.1, -0.05) is 12.1 Å². The van der Waals surface area contributed by atoms with Crippen molar-refractivity contribution in [3.63, 3.8) is 0 Å². The number of aromatic nitrogens is 1. The SMILES string of the molecule is CC(=O)N[C@@H](C)c1ccc(O[C@@H]2CCN(c3ccnc(N(C)CC(F)(F)F)c3F)C2)cc1. The third kappa shape index (κ3) is 6.02. The highest BCUT2D eigenvalue weighted by Gasteiger charge is 2.32. The summed E-state index contributed by atoms with van der Waals surface area (Å²) in [5, 5.41) is 2.81. The van der Waals surface area contributed by atoms with Crippen LogP contribution < -0.4 is 19.9 Å². The Morgan fingerprint density at radius 2 is 2.00 bits per heavy atom. The Kier molecular flexibility index (Phi) is 7.10. The summed E-state index contributed by atoms with van der Waals surface area (Å²) in [6.07, 6.45) is -2.71. The Hall–Kier alpha value is -3.04. The van der Waals surface area contributed by atoms with E-state index in [-0.39, 0.29) is 29.6 Å². The van der Waals surface area contributed by atoms with Crippen molar-refractivity contribution in [1.82, 2.24) is 10.3 Å². The molecule has 2 heterocycles. The van der Waals surface area contributed by atoms with Gasteiger partial charge in [-0.2, -0.15) is 13.2 Å². The van der Waals surface area contributed by atoms with Gasteiger partial charge in [0.15, 0.2) is 11.6 Å². The fourth-order valence-electron chi connectivity index (χ4n) is 3.74. The third-order valence-electron chi connectivity index (χ3n) is 5.22. The van der Waals surface area contributed by atoms with Crippen LogP contribution in [-0.2, 0) is 4.79 Å². The van der Waals surface area contributed by atoms with E-state index < -0.39 is 18.5 Å². The number of alkyl halides is 3. The van der Waals surface area contributed by atoms with E-state index in [1.165, 1.54) is 19.2 Å². The smallest absolute Gasteiger partial charge is 0.405 e. The number of rotatable bonds is 7. The molecule has 1 amide bonds. The van der Waals surface area contributed by atoms with Crippen molar-refractivity contribution in [2.45, 2.75) is 38.6 Å². The minimum Gasteiger partial charge on any atom is -0.489 e. The molecule has 0 radical (unpaired) electrons. The van der Waals surface area contributed by atoms with Crippen LogP contribution in [0.5, 0.6) is 5.75 Å². The van der Waals surface area contributed by atoms with Gasteiger partial charge in [-0.05, 0) is 30.7 Å². The second-order valence-corrected chi connectivity index (χ2v) is 7.90. The van der Waals surface area contributed by atoms with Gasteiger partial charge >= 0.3 is 6.18 Å². The maximum atomic E-state index is 14.9. The predicted molar refractivity (Wildman–Crippen MR) is 113 cm³/mol. The molecule has 0 bridgehead atoms. The summed E-state index contributed by atoms with van der Waals surface area (Å²) < 4.78 is 58.9. The van der Waals surface area contributed by atoms with Gasteiger partial charge in [0.05, 0.1) is 18.3 Å². The maximum Gasteiger partial charge on any atom is 0.405 e. The predicted octanol–water partition coefficient (Wildman–Crippen LogP) is 4.07. The zero-order chi connectivity index (χ0) is 23.5. The molecule has 1 N–H and O–H groups in total. The minimum absolute atomic E-state index is 0.111. The van der Waals surface area contributed by atoms with Gasteiger partial charge in [-0.3, -0.25) is 4.79 Å². The molecular formula is C22H26F4N4O2. The topological polar surface area (TPSA) is 57.7 Å². The van der Waals surface area contributed by atoms with Gasteiger partial charge in [-0.15, -0.1) is 0 Å². The highest BCUT2D eigenvalue weighted by Crippen LogP contribution is 2.31. The first-order valence-electron chi connectivity index (χ1n) is 10.2. The molecule has 1 aliphatic heterocycles. The summed E-state index contributed by atoms with van der Waals surface area (Å²) in [5.41, 5.74) is 1.14. The molecule has 0 unspecified atom stereocenters. The largest absolute Gasteiger partial charge is 0.489 e. The Morgan fingerprint density at radius 1 is 1.31 bits per heavy atom. The fraction of sp³-hybridized carbons (Fsp3) is 0.455. The Morgan fingerprint density at radius 3 is 2.62 bits per heavy atom. The van der Waals surface area contributed by atoms with Crippen molar-refractivity contribution in [2.24, 2.45) is 0 Å². The molecule has 0 aliphatic carbocycles. The average Bonchev–Trinajstić information content (AvgIpc) is 3.15. The fourth-order valence-corrected chi connectivity index (χ4v) is 3.74. The molecule has 2 atom stereocenters. The monoisotopic (exact) mass is 454 g/mol. The number of amides is 1. The molecule has 32 heavy (non-hydrogen) atoms. The summed E-state index contributed by atoms with van der Waals surface area (Å²) in [5.74, 6) is -0.583. The number of ether oxygens (including phenoxy) is 1. The number of halogens is 4. The number of carbonyl (C=O) groups is 1. The number of hydrogen-bond acceptors (Lipinski definition) is 5. The number of nitrogens with zero attached hydrogens (tertiary/aromatic N) is 3. The Bertz CT molecular complexity index is 937. The minimum atomic E-state index is -4.46. The Labute approximate surface area is 184 Å². The number of hydrogen-bond donors (Lipinski definition) is 1. The first-order valence-corrected chi connectivity index (χ1v) is 10.2. The van der Waals surface area contributed by atoms with Gasteiger partial charge < -0.3 is 19.9 Å². The quantitative estimate of drug-likeness (QED) is 0.640. The van der Waals surface area contributed by atoms with E-state index in [2.05, 4.69) is 10.3 Å². The number of benzene rings is 1. The molecule has 0 spiro atoms. The molecule has 1 aromatic heterocycles. The van der Waals surface area contributed by atoms with E-state index in [0.717, 1.165) is 17.5 Å². The first-order chi connectivity index (χ1) is 15.0. The molecule has 1 fully saturated rings. The Balaban J connectivity index is 1.63. The molecule has 10 heteroatoms. The molecule has 2 aromatic rings. The van der Waals surface area contributed by atoms with Crippen LogP contribution in [0.4, 0.5) is 29.1 Å². The molecular weight excluding hydrogens is 428 g/mol. The normalized spacial score (nSPS) is 17.2. The van der Waals surface area contributed by atoms with Crippen LogP contribution in [0.3, 0.4) is 0 Å². The van der Waals surface area contributed by atoms with Gasteiger partial charge in [0.2, 0.25) is 5.91 Å². The van der Waals surface area contributed by atoms with E-state index in [9.17, 15) is 22.4 Å². The van der Waals surface area contributed by atoms with Crippen LogP contribution in [0.2, 0.25) is 0 Å². The van der Waals surface area contributed by atoms with Crippen LogP contribution >= 0.6 is 0 Å². The van der Waals surface area contributed by atoms with E-state index in [0.29, 0.717) is 25.3 Å². The number of pyridine rings is 1. The van der Waals surface area contributed by atoms with Crippen molar-refractivity contribution < 1.29 is 27.1 Å². The zero-order valence-electron chi connectivity index (χ0n) is 18.1. The van der Waals surface area contributed by atoms with Crippen molar-refractivity contribution in [3.8, 4) is 5.75 Å². The molecule has 3 rings (SSSR count). The summed E-state index contributed by atoms with van der Waals surface area (Å²) >= 11 is 0. The van der Waals surface area contributed by atoms with Crippen molar-refractivity contribution in [3.05, 3.63) is 47.9 Å². The molecule has 1 aromatic carbocycles. The van der Waals surface area contributed by atoms with E-state index in [1.54, 1.807) is 4.90 Å². The lowest BCUT2D eigenvalue weighted by Gasteiger charge is -2.24. The van der Waals surface area contributed by atoms with Gasteiger partial charge in [0, 0.05) is 33.1 Å². The second-order valence-electron chi connectivity index (χ2n) is 7.90. The average molecular weight is 454 g/mol. The highest BCUT2D eigenvalue weighted by atomic mass is 19.4. The van der Waals surface area contributed by atoms with Crippen LogP contribution in [0.1, 0.15) is 31.9 Å². The number of carbonyl (C=O) groups excluding carboxylic acids is 1. The van der Waals surface area contributed by atoms with E-state index in [1.807, 2.05) is 31.2 Å². The second kappa shape index (κ2) is 9.62. The number of nitrogens with one attached hydrogen (secondary N) is 1. The summed E-state index contributed by atoms with van der Waals surface area (Å²) in [7, 11) is 1.16. The summed E-state index contributed by atoms with van der Waals surface area (Å²) in [6, 6.07) is 8.70. The van der Waals surface area contributed by atoms with Crippen molar-refractivity contribution >= 4 is 17.4 Å². The molecule has 0 saturated carbocycles. The van der Waals surface area contributed by atoms with Crippen LogP contribution in [0.25, 0.3) is 0 Å². The molecule has 1 saturated heterocycles. The summed E-state index contributed by atoms with van der Waals surface area (Å²) in [6.45, 7) is 2.96. The van der Waals surface area contributed by atoms with Gasteiger partial charge in [0.1, 0.15) is 18.4 Å². The first kappa shape index (κ1) is 23.6. The van der Waals surface area contributed by atoms with E-state index >= 15 is 0 Å². The lowest BCUT2D eigenvalue weighted by Crippen LogP contribution is -2.32. The zero-order valence-corrected chi connectivity index (χ0v) is 18.1. The molecule has 6 nitrogen and oxygen atoms in total. The van der Waals surface area contributed by atoms with Crippen molar-refractivity contribution in [1.29, 1.82) is 0 Å². The van der Waals surface area contributed by atoms with E-state index in [4.69, 9.17) is 4.74 Å². The third-order valence-corrected chi connectivity index (χ3v) is 5.22. The van der Waals surface area contributed by atoms with Gasteiger partial charge in [-0.25, -0.2) is 9.37 Å². The number of anilines is 2. The van der Waals surface area contributed by atoms with Gasteiger partial charge in [0.25, 0.3) is 0 Å². The van der Waals surface area contributed by atoms with Crippen LogP contribution in [-0.4, -0.2) is 49.9 Å². The van der Waals surface area contributed by atoms with Crippen LogP contribution in [0, 0.1) is 5.82 Å². The van der Waals surface area contributed by atoms with Crippen molar-refractivity contribution in [2.75, 3.05) is 36.5 Å². The molecule has 174 valence electrons. The lowest BCUT2D eigenvalue weighted by molar-refractivity contribution is -0.120.